The van der Waals surface area contributed by atoms with Gasteiger partial charge in [0.15, 0.2) is 0 Å². The Labute approximate surface area is 120 Å². The molecule has 2 rings (SSSR count). The van der Waals surface area contributed by atoms with Crippen LogP contribution >= 0.6 is 0 Å². The van der Waals surface area contributed by atoms with Crippen LogP contribution in [0.2, 0.25) is 0 Å². The van der Waals surface area contributed by atoms with E-state index in [2.05, 4.69) is 4.72 Å². The van der Waals surface area contributed by atoms with Crippen LogP contribution < -0.4 is 10.5 Å². The molecule has 0 amide bonds. The summed E-state index contributed by atoms with van der Waals surface area (Å²) >= 11 is 0. The molecule has 1 atom stereocenters. The maximum Gasteiger partial charge on any atom is 0.241 e. The summed E-state index contributed by atoms with van der Waals surface area (Å²) < 4.78 is 33.1. The lowest BCUT2D eigenvalue weighted by molar-refractivity contribution is 0.0537. The topological polar surface area (TPSA) is 81.4 Å². The summed E-state index contributed by atoms with van der Waals surface area (Å²) in [5.74, 6) is 0. The van der Waals surface area contributed by atoms with E-state index in [1.807, 2.05) is 19.9 Å². The maximum absolute atomic E-state index is 12.5. The zero-order chi connectivity index (χ0) is 14.8. The zero-order valence-electron chi connectivity index (χ0n) is 11.9. The van der Waals surface area contributed by atoms with Crippen LogP contribution in [-0.2, 0) is 14.8 Å². The highest BCUT2D eigenvalue weighted by molar-refractivity contribution is 7.89. The van der Waals surface area contributed by atoms with Gasteiger partial charge in [-0.25, -0.2) is 13.1 Å². The van der Waals surface area contributed by atoms with Gasteiger partial charge in [-0.05, 0) is 44.4 Å². The van der Waals surface area contributed by atoms with Crippen molar-refractivity contribution in [2.75, 3.05) is 13.2 Å². The largest absolute Gasteiger partial charge is 0.381 e. The number of sulfonamides is 1. The molecule has 3 N–H and O–H groups in total. The first-order chi connectivity index (χ1) is 9.32. The molecule has 1 aromatic rings. The van der Waals surface area contributed by atoms with Crippen molar-refractivity contribution in [3.8, 4) is 0 Å². The molecular weight excluding hydrogens is 276 g/mol. The molecule has 0 bridgehead atoms. The van der Waals surface area contributed by atoms with Crippen molar-refractivity contribution in [2.45, 2.75) is 43.2 Å². The van der Waals surface area contributed by atoms with E-state index in [1.54, 1.807) is 18.2 Å². The molecule has 1 unspecified atom stereocenters. The van der Waals surface area contributed by atoms with Gasteiger partial charge in [0.1, 0.15) is 0 Å². The number of hydrogen-bond donors (Lipinski definition) is 2. The molecule has 1 fully saturated rings. The van der Waals surface area contributed by atoms with Gasteiger partial charge >= 0.3 is 0 Å². The lowest BCUT2D eigenvalue weighted by Gasteiger charge is -2.34. The van der Waals surface area contributed by atoms with E-state index < -0.39 is 15.6 Å². The van der Waals surface area contributed by atoms with Gasteiger partial charge in [-0.2, -0.15) is 0 Å². The zero-order valence-corrected chi connectivity index (χ0v) is 12.7. The molecule has 1 heterocycles. The van der Waals surface area contributed by atoms with Gasteiger partial charge in [-0.15, -0.1) is 0 Å². The first kappa shape index (κ1) is 15.4. The summed E-state index contributed by atoms with van der Waals surface area (Å²) in [5.41, 5.74) is 6.17. The van der Waals surface area contributed by atoms with Crippen LogP contribution in [0.25, 0.3) is 0 Å². The molecule has 112 valence electrons. The number of nitrogens with two attached hydrogens (primary N) is 1. The number of rotatable bonds is 4. The number of benzene rings is 1. The minimum Gasteiger partial charge on any atom is -0.381 e. The molecule has 0 aromatic heterocycles. The lowest BCUT2D eigenvalue weighted by atomic mass is 9.94. The minimum absolute atomic E-state index is 0.191. The fourth-order valence-corrected chi connectivity index (χ4v) is 3.79. The maximum atomic E-state index is 12.5. The fourth-order valence-electron chi connectivity index (χ4n) is 2.27. The normalized spacial score (nSPS) is 20.6. The van der Waals surface area contributed by atoms with Gasteiger partial charge < -0.3 is 10.5 Å². The van der Waals surface area contributed by atoms with Gasteiger partial charge in [0.25, 0.3) is 0 Å². The smallest absolute Gasteiger partial charge is 0.241 e. The van der Waals surface area contributed by atoms with Gasteiger partial charge in [0.05, 0.1) is 4.90 Å². The monoisotopic (exact) mass is 298 g/mol. The number of ether oxygens (including phenoxy) is 1. The van der Waals surface area contributed by atoms with Crippen molar-refractivity contribution in [1.82, 2.24) is 4.72 Å². The third-order valence-corrected chi connectivity index (χ3v) is 5.31. The molecule has 1 aromatic carbocycles. The minimum atomic E-state index is -3.54. The highest BCUT2D eigenvalue weighted by Gasteiger charge is 2.32. The van der Waals surface area contributed by atoms with Crippen LogP contribution in [0.4, 0.5) is 0 Å². The average Bonchev–Trinajstić information content (AvgIpc) is 2.38. The molecule has 6 heteroatoms. The van der Waals surface area contributed by atoms with E-state index in [0.717, 1.165) is 5.56 Å². The van der Waals surface area contributed by atoms with E-state index in [4.69, 9.17) is 10.5 Å². The quantitative estimate of drug-likeness (QED) is 0.883. The van der Waals surface area contributed by atoms with Gasteiger partial charge in [0, 0.05) is 24.8 Å². The standard InChI is InChI=1S/C14H22N2O3S/c1-11(15)12-4-3-5-13(10-12)20(17,18)16-14(2)6-8-19-9-7-14/h3-5,10-11,16H,6-9,15H2,1-2H3. The van der Waals surface area contributed by atoms with Crippen molar-refractivity contribution in [1.29, 1.82) is 0 Å². The predicted molar refractivity (Wildman–Crippen MR) is 77.8 cm³/mol. The molecule has 5 nitrogen and oxygen atoms in total. The molecular formula is C14H22N2O3S. The van der Waals surface area contributed by atoms with Crippen LogP contribution in [0.5, 0.6) is 0 Å². The highest BCUT2D eigenvalue weighted by Crippen LogP contribution is 2.24. The molecule has 0 saturated carbocycles. The predicted octanol–water partition coefficient (Wildman–Crippen LogP) is 1.55. The average molecular weight is 298 g/mol. The molecule has 0 aliphatic carbocycles. The fraction of sp³-hybridized carbons (Fsp3) is 0.571. The summed E-state index contributed by atoms with van der Waals surface area (Å²) in [7, 11) is -3.54. The Balaban J connectivity index is 2.24. The van der Waals surface area contributed by atoms with E-state index >= 15 is 0 Å². The van der Waals surface area contributed by atoms with Gasteiger partial charge in [-0.1, -0.05) is 12.1 Å². The Hall–Kier alpha value is -0.950. The third kappa shape index (κ3) is 3.58. The number of hydrogen-bond acceptors (Lipinski definition) is 4. The van der Waals surface area contributed by atoms with Gasteiger partial charge in [-0.3, -0.25) is 0 Å². The van der Waals surface area contributed by atoms with Gasteiger partial charge in [0.2, 0.25) is 10.0 Å². The molecule has 0 radical (unpaired) electrons. The molecule has 0 spiro atoms. The molecule has 1 aliphatic heterocycles. The summed E-state index contributed by atoms with van der Waals surface area (Å²) in [6.45, 7) is 4.92. The van der Waals surface area contributed by atoms with E-state index in [0.29, 0.717) is 26.1 Å². The molecule has 1 aliphatic rings. The number of nitrogens with one attached hydrogen (secondary N) is 1. The molecule has 1 saturated heterocycles. The summed E-state index contributed by atoms with van der Waals surface area (Å²) in [5, 5.41) is 0. The van der Waals surface area contributed by atoms with E-state index in [9.17, 15) is 8.42 Å². The van der Waals surface area contributed by atoms with E-state index in [-0.39, 0.29) is 10.9 Å². The van der Waals surface area contributed by atoms with E-state index in [1.165, 1.54) is 0 Å². The Morgan fingerprint density at radius 2 is 2.00 bits per heavy atom. The van der Waals surface area contributed by atoms with Crippen molar-refractivity contribution < 1.29 is 13.2 Å². The Bertz CT molecular complexity index is 564. The first-order valence-corrected chi connectivity index (χ1v) is 8.28. The molecule has 20 heavy (non-hydrogen) atoms. The lowest BCUT2D eigenvalue weighted by Crippen LogP contribution is -2.49. The van der Waals surface area contributed by atoms with Crippen LogP contribution in [-0.4, -0.2) is 27.2 Å². The van der Waals surface area contributed by atoms with Crippen molar-refractivity contribution in [3.05, 3.63) is 29.8 Å². The first-order valence-electron chi connectivity index (χ1n) is 6.80. The Morgan fingerprint density at radius 3 is 2.60 bits per heavy atom. The van der Waals surface area contributed by atoms with Crippen molar-refractivity contribution in [3.63, 3.8) is 0 Å². The highest BCUT2D eigenvalue weighted by atomic mass is 32.2. The summed E-state index contributed by atoms with van der Waals surface area (Å²) in [6.07, 6.45) is 1.36. The van der Waals surface area contributed by atoms with Crippen molar-refractivity contribution >= 4 is 10.0 Å². The van der Waals surface area contributed by atoms with Crippen LogP contribution in [0.15, 0.2) is 29.2 Å². The summed E-state index contributed by atoms with van der Waals surface area (Å²) in [4.78, 5) is 0.264. The summed E-state index contributed by atoms with van der Waals surface area (Å²) in [6, 6.07) is 6.59. The SMILES string of the molecule is CC(N)c1cccc(S(=O)(=O)NC2(C)CCOCC2)c1. The van der Waals surface area contributed by atoms with Crippen molar-refractivity contribution in [2.24, 2.45) is 5.73 Å². The Kier molecular flexibility index (Phi) is 4.49. The second-order valence-electron chi connectivity index (χ2n) is 5.64. The van der Waals surface area contributed by atoms with Crippen LogP contribution in [0.1, 0.15) is 38.3 Å². The second kappa shape index (κ2) is 5.81. The van der Waals surface area contributed by atoms with Crippen LogP contribution in [0, 0.1) is 0 Å². The Morgan fingerprint density at radius 1 is 1.35 bits per heavy atom. The third-order valence-electron chi connectivity index (χ3n) is 3.67. The van der Waals surface area contributed by atoms with Crippen LogP contribution in [0.3, 0.4) is 0 Å². The second-order valence-corrected chi connectivity index (χ2v) is 7.32.